The van der Waals surface area contributed by atoms with Gasteiger partial charge < -0.3 is 5.32 Å². The number of amides is 1. The number of carbonyl (C=O) groups is 1. The predicted molar refractivity (Wildman–Crippen MR) is 109 cm³/mol. The zero-order valence-electron chi connectivity index (χ0n) is 16.4. The van der Waals surface area contributed by atoms with E-state index >= 15 is 0 Å². The van der Waals surface area contributed by atoms with Crippen molar-refractivity contribution in [2.75, 3.05) is 13.1 Å². The fourth-order valence-corrected chi connectivity index (χ4v) is 4.79. The Hall–Kier alpha value is -2.20. The molecule has 1 aliphatic carbocycles. The van der Waals surface area contributed by atoms with Crippen molar-refractivity contribution in [1.82, 2.24) is 10.2 Å². The minimum Gasteiger partial charge on any atom is -0.353 e. The number of likely N-dealkylation sites (tertiary alicyclic amines) is 1. The summed E-state index contributed by atoms with van der Waals surface area (Å²) >= 11 is 0. The summed E-state index contributed by atoms with van der Waals surface area (Å²) in [7, 11) is 0. The zero-order valence-corrected chi connectivity index (χ0v) is 16.4. The average molecular weight is 381 g/mol. The fraction of sp³-hybridized carbons (Fsp3) is 0.458. The molecular weight excluding hydrogens is 351 g/mol. The van der Waals surface area contributed by atoms with E-state index in [1.165, 1.54) is 17.7 Å². The second kappa shape index (κ2) is 8.44. The number of hydrogen-bond donors (Lipinski definition) is 1. The second-order valence-electron chi connectivity index (χ2n) is 8.31. The van der Waals surface area contributed by atoms with Gasteiger partial charge >= 0.3 is 0 Å². The Morgan fingerprint density at radius 3 is 2.29 bits per heavy atom. The van der Waals surface area contributed by atoms with Crippen LogP contribution < -0.4 is 5.32 Å². The molecule has 2 aromatic carbocycles. The van der Waals surface area contributed by atoms with Crippen molar-refractivity contribution in [3.8, 4) is 0 Å². The van der Waals surface area contributed by atoms with Crippen LogP contribution in [-0.2, 0) is 16.8 Å². The van der Waals surface area contributed by atoms with Crippen LogP contribution in [-0.4, -0.2) is 29.9 Å². The number of benzene rings is 2. The standard InChI is InChI=1S/C24H29FN2O/c25-21-10-8-20(9-11-21)24(14-4-5-15-24)23(28)26-22-12-16-27(17-13-22)18-19-6-2-1-3-7-19/h1-3,6-11,22H,4-5,12-18H2,(H,26,28). The topological polar surface area (TPSA) is 32.3 Å². The van der Waals surface area contributed by atoms with Gasteiger partial charge in [0, 0.05) is 25.7 Å². The number of rotatable bonds is 5. The van der Waals surface area contributed by atoms with Crippen LogP contribution in [0, 0.1) is 5.82 Å². The number of halogens is 1. The Morgan fingerprint density at radius 1 is 1.00 bits per heavy atom. The summed E-state index contributed by atoms with van der Waals surface area (Å²) in [5.74, 6) is -0.110. The van der Waals surface area contributed by atoms with E-state index in [4.69, 9.17) is 0 Å². The summed E-state index contributed by atoms with van der Waals surface area (Å²) < 4.78 is 13.4. The summed E-state index contributed by atoms with van der Waals surface area (Å²) in [6.07, 6.45) is 5.80. The van der Waals surface area contributed by atoms with E-state index in [1.54, 1.807) is 12.1 Å². The first kappa shape index (κ1) is 19.1. The average Bonchev–Trinajstić information content (AvgIpc) is 3.22. The van der Waals surface area contributed by atoms with Gasteiger partial charge in [-0.15, -0.1) is 0 Å². The van der Waals surface area contributed by atoms with Gasteiger partial charge in [0.15, 0.2) is 0 Å². The normalized spacial score (nSPS) is 20.2. The van der Waals surface area contributed by atoms with Crippen LogP contribution in [0.5, 0.6) is 0 Å². The molecule has 1 saturated carbocycles. The van der Waals surface area contributed by atoms with Crippen LogP contribution in [0.1, 0.15) is 49.7 Å². The predicted octanol–water partition coefficient (Wildman–Crippen LogP) is 4.42. The third kappa shape index (κ3) is 4.12. The highest BCUT2D eigenvalue weighted by Crippen LogP contribution is 2.41. The van der Waals surface area contributed by atoms with E-state index in [1.807, 2.05) is 6.07 Å². The van der Waals surface area contributed by atoms with Crippen molar-refractivity contribution in [2.24, 2.45) is 0 Å². The Bertz CT molecular complexity index is 776. The van der Waals surface area contributed by atoms with Gasteiger partial charge in [-0.2, -0.15) is 0 Å². The maximum absolute atomic E-state index is 13.4. The van der Waals surface area contributed by atoms with Crippen LogP contribution in [0.3, 0.4) is 0 Å². The van der Waals surface area contributed by atoms with Gasteiger partial charge in [-0.05, 0) is 48.9 Å². The molecule has 0 unspecified atom stereocenters. The molecule has 4 rings (SSSR count). The molecule has 4 heteroatoms. The Morgan fingerprint density at radius 2 is 1.64 bits per heavy atom. The lowest BCUT2D eigenvalue weighted by Gasteiger charge is -2.35. The first-order valence-electron chi connectivity index (χ1n) is 10.5. The molecule has 0 aromatic heterocycles. The lowest BCUT2D eigenvalue weighted by Crippen LogP contribution is -2.50. The molecule has 3 nitrogen and oxygen atoms in total. The van der Waals surface area contributed by atoms with Crippen molar-refractivity contribution in [2.45, 2.75) is 56.5 Å². The number of nitrogens with one attached hydrogen (secondary N) is 1. The second-order valence-corrected chi connectivity index (χ2v) is 8.31. The van der Waals surface area contributed by atoms with Crippen molar-refractivity contribution >= 4 is 5.91 Å². The molecule has 2 aromatic rings. The smallest absolute Gasteiger partial charge is 0.230 e. The Balaban J connectivity index is 1.36. The van der Waals surface area contributed by atoms with Crippen LogP contribution >= 0.6 is 0 Å². The molecule has 0 radical (unpaired) electrons. The van der Waals surface area contributed by atoms with Crippen molar-refractivity contribution in [3.63, 3.8) is 0 Å². The van der Waals surface area contributed by atoms with Crippen molar-refractivity contribution < 1.29 is 9.18 Å². The maximum atomic E-state index is 13.4. The number of nitrogens with zero attached hydrogens (tertiary/aromatic N) is 1. The minimum absolute atomic E-state index is 0.137. The number of hydrogen-bond acceptors (Lipinski definition) is 2. The molecule has 2 aliphatic rings. The SMILES string of the molecule is O=C(NC1CCN(Cc2ccccc2)CC1)C1(c2ccc(F)cc2)CCCC1. The van der Waals surface area contributed by atoms with Gasteiger partial charge in [-0.25, -0.2) is 4.39 Å². The Labute approximate surface area is 166 Å². The van der Waals surface area contributed by atoms with Gasteiger partial charge in [-0.3, -0.25) is 9.69 Å². The molecule has 2 fully saturated rings. The summed E-state index contributed by atoms with van der Waals surface area (Å²) in [5, 5.41) is 3.34. The molecule has 1 N–H and O–H groups in total. The maximum Gasteiger partial charge on any atom is 0.230 e. The minimum atomic E-state index is -0.477. The van der Waals surface area contributed by atoms with E-state index in [-0.39, 0.29) is 17.8 Å². The summed E-state index contributed by atoms with van der Waals surface area (Å²) in [6, 6.07) is 17.3. The van der Waals surface area contributed by atoms with E-state index in [0.717, 1.165) is 63.7 Å². The van der Waals surface area contributed by atoms with Crippen LogP contribution in [0.2, 0.25) is 0 Å². The molecule has 28 heavy (non-hydrogen) atoms. The zero-order chi connectivity index (χ0) is 19.4. The Kier molecular flexibility index (Phi) is 5.77. The lowest BCUT2D eigenvalue weighted by molar-refractivity contribution is -0.127. The first-order valence-corrected chi connectivity index (χ1v) is 10.5. The molecule has 1 amide bonds. The highest BCUT2D eigenvalue weighted by molar-refractivity contribution is 5.88. The molecule has 1 saturated heterocycles. The molecule has 1 aliphatic heterocycles. The van der Waals surface area contributed by atoms with Gasteiger partial charge in [-0.1, -0.05) is 55.3 Å². The number of piperidine rings is 1. The molecule has 0 bridgehead atoms. The van der Waals surface area contributed by atoms with Crippen molar-refractivity contribution in [3.05, 3.63) is 71.5 Å². The molecule has 0 atom stereocenters. The van der Waals surface area contributed by atoms with Crippen LogP contribution in [0.25, 0.3) is 0 Å². The van der Waals surface area contributed by atoms with E-state index < -0.39 is 5.41 Å². The largest absolute Gasteiger partial charge is 0.353 e. The lowest BCUT2D eigenvalue weighted by atomic mass is 9.77. The van der Waals surface area contributed by atoms with Crippen molar-refractivity contribution in [1.29, 1.82) is 0 Å². The summed E-state index contributed by atoms with van der Waals surface area (Å²) in [6.45, 7) is 2.98. The summed E-state index contributed by atoms with van der Waals surface area (Å²) in [4.78, 5) is 15.7. The molecule has 148 valence electrons. The van der Waals surface area contributed by atoms with Gasteiger partial charge in [0.05, 0.1) is 5.41 Å². The van der Waals surface area contributed by atoms with E-state index in [9.17, 15) is 9.18 Å². The monoisotopic (exact) mass is 380 g/mol. The fourth-order valence-electron chi connectivity index (χ4n) is 4.79. The van der Waals surface area contributed by atoms with Crippen LogP contribution in [0.4, 0.5) is 4.39 Å². The quantitative estimate of drug-likeness (QED) is 0.833. The summed E-state index contributed by atoms with van der Waals surface area (Å²) in [5.41, 5.74) is 1.83. The molecular formula is C24H29FN2O. The van der Waals surface area contributed by atoms with Gasteiger partial charge in [0.1, 0.15) is 5.82 Å². The highest BCUT2D eigenvalue weighted by atomic mass is 19.1. The van der Waals surface area contributed by atoms with E-state index in [2.05, 4.69) is 34.5 Å². The highest BCUT2D eigenvalue weighted by Gasteiger charge is 2.43. The van der Waals surface area contributed by atoms with Crippen LogP contribution in [0.15, 0.2) is 54.6 Å². The number of carbonyl (C=O) groups excluding carboxylic acids is 1. The van der Waals surface area contributed by atoms with E-state index in [0.29, 0.717) is 0 Å². The van der Waals surface area contributed by atoms with Gasteiger partial charge in [0.25, 0.3) is 0 Å². The third-order valence-electron chi connectivity index (χ3n) is 6.46. The first-order chi connectivity index (χ1) is 13.7. The third-order valence-corrected chi connectivity index (χ3v) is 6.46. The molecule has 0 spiro atoms. The molecule has 1 heterocycles. The van der Waals surface area contributed by atoms with Gasteiger partial charge in [0.2, 0.25) is 5.91 Å².